The second kappa shape index (κ2) is 5.94. The van der Waals surface area contributed by atoms with Crippen LogP contribution in [-0.4, -0.2) is 26.8 Å². The van der Waals surface area contributed by atoms with Crippen molar-refractivity contribution in [2.45, 2.75) is 51.5 Å². The van der Waals surface area contributed by atoms with Gasteiger partial charge in [0, 0.05) is 13.0 Å². The number of tetrazole rings is 1. The van der Waals surface area contributed by atoms with Crippen molar-refractivity contribution in [3.05, 3.63) is 5.82 Å². The number of hydrogen-bond donors (Lipinski definition) is 1. The second-order valence-electron chi connectivity index (χ2n) is 4.67. The molecule has 2 rings (SSSR count). The van der Waals surface area contributed by atoms with Crippen LogP contribution in [0.1, 0.15) is 44.3 Å². The van der Waals surface area contributed by atoms with E-state index in [0.29, 0.717) is 6.54 Å². The molecule has 0 unspecified atom stereocenters. The molecule has 1 saturated carbocycles. The van der Waals surface area contributed by atoms with Gasteiger partial charge in [-0.25, -0.2) is 4.68 Å². The summed E-state index contributed by atoms with van der Waals surface area (Å²) >= 11 is 0. The molecule has 0 radical (unpaired) electrons. The first-order valence-electron chi connectivity index (χ1n) is 6.35. The van der Waals surface area contributed by atoms with Crippen LogP contribution in [-0.2, 0) is 13.0 Å². The van der Waals surface area contributed by atoms with Crippen LogP contribution in [0, 0.1) is 5.92 Å². The minimum Gasteiger partial charge on any atom is -0.330 e. The van der Waals surface area contributed by atoms with E-state index in [1.54, 1.807) is 0 Å². The van der Waals surface area contributed by atoms with Gasteiger partial charge < -0.3 is 5.73 Å². The zero-order chi connectivity index (χ0) is 11.2. The lowest BCUT2D eigenvalue weighted by Crippen LogP contribution is -2.17. The zero-order valence-corrected chi connectivity index (χ0v) is 9.81. The van der Waals surface area contributed by atoms with E-state index < -0.39 is 0 Å². The molecule has 0 saturated heterocycles. The maximum absolute atomic E-state index is 5.50. The van der Waals surface area contributed by atoms with Crippen molar-refractivity contribution in [2.24, 2.45) is 11.7 Å². The lowest BCUT2D eigenvalue weighted by molar-refractivity contribution is 0.301. The minimum absolute atomic E-state index is 0.705. The molecule has 1 fully saturated rings. The van der Waals surface area contributed by atoms with E-state index in [1.807, 2.05) is 4.68 Å². The van der Waals surface area contributed by atoms with Gasteiger partial charge in [0.15, 0.2) is 5.82 Å². The van der Waals surface area contributed by atoms with Crippen LogP contribution in [0.15, 0.2) is 0 Å². The SMILES string of the molecule is NCCCc1nnnn1CC1CCCCC1. The summed E-state index contributed by atoms with van der Waals surface area (Å²) < 4.78 is 1.98. The smallest absolute Gasteiger partial charge is 0.151 e. The van der Waals surface area contributed by atoms with Crippen LogP contribution in [0.3, 0.4) is 0 Å². The van der Waals surface area contributed by atoms with E-state index in [4.69, 9.17) is 5.73 Å². The fraction of sp³-hybridized carbons (Fsp3) is 0.909. The van der Waals surface area contributed by atoms with Crippen molar-refractivity contribution in [3.8, 4) is 0 Å². The van der Waals surface area contributed by atoms with Crippen molar-refractivity contribution in [3.63, 3.8) is 0 Å². The second-order valence-corrected chi connectivity index (χ2v) is 4.67. The van der Waals surface area contributed by atoms with E-state index in [0.717, 1.165) is 31.1 Å². The molecule has 5 nitrogen and oxygen atoms in total. The molecule has 1 heterocycles. The summed E-state index contributed by atoms with van der Waals surface area (Å²) in [5.41, 5.74) is 5.50. The van der Waals surface area contributed by atoms with E-state index >= 15 is 0 Å². The largest absolute Gasteiger partial charge is 0.330 e. The molecule has 0 spiro atoms. The molecule has 0 atom stereocenters. The van der Waals surface area contributed by atoms with Crippen molar-refractivity contribution in [1.29, 1.82) is 0 Å². The summed E-state index contributed by atoms with van der Waals surface area (Å²) in [5.74, 6) is 1.77. The normalized spacial score (nSPS) is 17.8. The van der Waals surface area contributed by atoms with Crippen molar-refractivity contribution in [2.75, 3.05) is 6.54 Å². The Morgan fingerprint density at radius 3 is 2.81 bits per heavy atom. The van der Waals surface area contributed by atoms with E-state index in [-0.39, 0.29) is 0 Å². The Balaban J connectivity index is 1.89. The highest BCUT2D eigenvalue weighted by molar-refractivity contribution is 4.82. The van der Waals surface area contributed by atoms with Crippen LogP contribution in [0.4, 0.5) is 0 Å². The molecular formula is C11H21N5. The van der Waals surface area contributed by atoms with Crippen molar-refractivity contribution < 1.29 is 0 Å². The first kappa shape index (κ1) is 11.5. The summed E-state index contributed by atoms with van der Waals surface area (Å²) in [4.78, 5) is 0. The lowest BCUT2D eigenvalue weighted by atomic mass is 9.89. The van der Waals surface area contributed by atoms with Gasteiger partial charge in [-0.05, 0) is 42.2 Å². The van der Waals surface area contributed by atoms with Gasteiger partial charge in [-0.2, -0.15) is 0 Å². The predicted octanol–water partition coefficient (Wildman–Crippen LogP) is 1.14. The predicted molar refractivity (Wildman–Crippen MR) is 61.8 cm³/mol. The monoisotopic (exact) mass is 223 g/mol. The fourth-order valence-electron chi connectivity index (χ4n) is 2.42. The van der Waals surface area contributed by atoms with Gasteiger partial charge in [-0.1, -0.05) is 19.3 Å². The third-order valence-corrected chi connectivity index (χ3v) is 3.37. The van der Waals surface area contributed by atoms with E-state index in [2.05, 4.69) is 15.5 Å². The average Bonchev–Trinajstić information content (AvgIpc) is 2.75. The molecule has 2 N–H and O–H groups in total. The minimum atomic E-state index is 0.705. The van der Waals surface area contributed by atoms with Gasteiger partial charge in [0.05, 0.1) is 0 Å². The number of nitrogens with two attached hydrogens (primary N) is 1. The summed E-state index contributed by atoms with van der Waals surface area (Å²) in [6, 6.07) is 0. The van der Waals surface area contributed by atoms with Gasteiger partial charge in [0.1, 0.15) is 0 Å². The average molecular weight is 223 g/mol. The molecular weight excluding hydrogens is 202 g/mol. The quantitative estimate of drug-likeness (QED) is 0.812. The van der Waals surface area contributed by atoms with Crippen LogP contribution < -0.4 is 5.73 Å². The van der Waals surface area contributed by atoms with Gasteiger partial charge in [-0.3, -0.25) is 0 Å². The van der Waals surface area contributed by atoms with Gasteiger partial charge >= 0.3 is 0 Å². The molecule has 1 aromatic rings. The third kappa shape index (κ3) is 3.01. The molecule has 16 heavy (non-hydrogen) atoms. The molecule has 0 aromatic carbocycles. The summed E-state index contributed by atoms with van der Waals surface area (Å²) in [5, 5.41) is 11.9. The Labute approximate surface area is 96.4 Å². The Hall–Kier alpha value is -0.970. The molecule has 0 bridgehead atoms. The van der Waals surface area contributed by atoms with Crippen LogP contribution >= 0.6 is 0 Å². The van der Waals surface area contributed by atoms with Crippen molar-refractivity contribution in [1.82, 2.24) is 20.2 Å². The van der Waals surface area contributed by atoms with Crippen LogP contribution in [0.5, 0.6) is 0 Å². The lowest BCUT2D eigenvalue weighted by Gasteiger charge is -2.21. The summed E-state index contributed by atoms with van der Waals surface area (Å²) in [6.07, 6.45) is 8.65. The summed E-state index contributed by atoms with van der Waals surface area (Å²) in [7, 11) is 0. The maximum Gasteiger partial charge on any atom is 0.151 e. The highest BCUT2D eigenvalue weighted by Crippen LogP contribution is 2.24. The first-order valence-corrected chi connectivity index (χ1v) is 6.35. The topological polar surface area (TPSA) is 69.6 Å². The molecule has 0 aliphatic heterocycles. The number of rotatable bonds is 5. The van der Waals surface area contributed by atoms with E-state index in [1.165, 1.54) is 32.1 Å². The highest BCUT2D eigenvalue weighted by Gasteiger charge is 2.16. The maximum atomic E-state index is 5.50. The van der Waals surface area contributed by atoms with Crippen LogP contribution in [0.2, 0.25) is 0 Å². The highest BCUT2D eigenvalue weighted by atomic mass is 15.5. The van der Waals surface area contributed by atoms with Crippen molar-refractivity contribution >= 4 is 0 Å². The first-order chi connectivity index (χ1) is 7.90. The third-order valence-electron chi connectivity index (χ3n) is 3.37. The molecule has 1 aromatic heterocycles. The number of aryl methyl sites for hydroxylation is 1. The molecule has 1 aliphatic rings. The van der Waals surface area contributed by atoms with Crippen LogP contribution in [0.25, 0.3) is 0 Å². The number of nitrogens with zero attached hydrogens (tertiary/aromatic N) is 4. The Morgan fingerprint density at radius 1 is 1.25 bits per heavy atom. The Kier molecular flexibility index (Phi) is 4.27. The Morgan fingerprint density at radius 2 is 2.06 bits per heavy atom. The zero-order valence-electron chi connectivity index (χ0n) is 9.81. The van der Waals surface area contributed by atoms with E-state index in [9.17, 15) is 0 Å². The van der Waals surface area contributed by atoms with Gasteiger partial charge in [0.2, 0.25) is 0 Å². The fourth-order valence-corrected chi connectivity index (χ4v) is 2.42. The molecule has 5 heteroatoms. The number of aromatic nitrogens is 4. The van der Waals surface area contributed by atoms with Gasteiger partial charge in [0.25, 0.3) is 0 Å². The summed E-state index contributed by atoms with van der Waals surface area (Å²) in [6.45, 7) is 1.70. The Bertz CT molecular complexity index is 303. The van der Waals surface area contributed by atoms with Gasteiger partial charge in [-0.15, -0.1) is 5.10 Å². The number of hydrogen-bond acceptors (Lipinski definition) is 4. The molecule has 90 valence electrons. The molecule has 1 aliphatic carbocycles. The molecule has 0 amide bonds. The standard InChI is InChI=1S/C11H21N5/c12-8-4-7-11-13-14-15-16(11)9-10-5-2-1-3-6-10/h10H,1-9,12H2.